The molecule has 0 radical (unpaired) electrons. The van der Waals surface area contributed by atoms with E-state index in [1.165, 1.54) is 30.3 Å². The number of H-pyrrole nitrogens is 1. The summed E-state index contributed by atoms with van der Waals surface area (Å²) in [7, 11) is -14.8. The number of aromatic nitrogens is 1. The molecule has 0 fully saturated rings. The lowest BCUT2D eigenvalue weighted by Crippen LogP contribution is -2.25. The van der Waals surface area contributed by atoms with Crippen molar-refractivity contribution in [3.63, 3.8) is 0 Å². The Morgan fingerprint density at radius 1 is 0.796 bits per heavy atom. The molecule has 1 aliphatic carbocycles. The van der Waals surface area contributed by atoms with E-state index in [9.17, 15) is 53.5 Å². The van der Waals surface area contributed by atoms with Gasteiger partial charge in [0.15, 0.2) is 15.6 Å². The minimum atomic E-state index is -5.28. The Balaban J connectivity index is 1.59. The average Bonchev–Trinajstić information content (AvgIpc) is 3.08. The second-order valence-corrected chi connectivity index (χ2v) is 17.2. The van der Waals surface area contributed by atoms with Crippen LogP contribution in [0.15, 0.2) is 92.3 Å². The van der Waals surface area contributed by atoms with Crippen LogP contribution in [-0.4, -0.2) is 67.9 Å². The van der Waals surface area contributed by atoms with E-state index in [2.05, 4.69) is 10.3 Å². The SMILES string of the molecule is O=C(O)CCCS(=O)(=O)c1ccc(Nc2cc(S(=O)(=O)O)c3[nH]c(=O)c(C(=O)OCc4cccc(Cl)c4)c4c3c2C(=O)c2ccccc2-4)c(S(=O)(=O)O)c1. The molecule has 20 heteroatoms. The maximum absolute atomic E-state index is 14.2. The van der Waals surface area contributed by atoms with Gasteiger partial charge in [0.1, 0.15) is 22.0 Å². The van der Waals surface area contributed by atoms with Crippen LogP contribution >= 0.6 is 11.6 Å². The molecule has 54 heavy (non-hydrogen) atoms. The van der Waals surface area contributed by atoms with Gasteiger partial charge >= 0.3 is 11.9 Å². The molecule has 1 aliphatic rings. The van der Waals surface area contributed by atoms with Gasteiger partial charge in [-0.1, -0.05) is 48.0 Å². The molecule has 0 atom stereocenters. The van der Waals surface area contributed by atoms with E-state index < -0.39 is 108 Å². The second-order valence-electron chi connectivity index (χ2n) is 11.9. The number of carbonyl (C=O) groups is 3. The van der Waals surface area contributed by atoms with E-state index in [4.69, 9.17) is 21.4 Å². The Kier molecular flexibility index (Phi) is 9.99. The quantitative estimate of drug-likeness (QED) is 0.0833. The van der Waals surface area contributed by atoms with Gasteiger partial charge in [-0.05, 0) is 53.9 Å². The van der Waals surface area contributed by atoms with Gasteiger partial charge in [-0.3, -0.25) is 23.5 Å². The number of carboxylic acid groups (broad SMARTS) is 1. The summed E-state index contributed by atoms with van der Waals surface area (Å²) in [6, 6.07) is 15.1. The molecule has 280 valence electrons. The van der Waals surface area contributed by atoms with Gasteiger partial charge in [-0.2, -0.15) is 16.8 Å². The Labute approximate surface area is 310 Å². The zero-order valence-electron chi connectivity index (χ0n) is 27.2. The van der Waals surface area contributed by atoms with Gasteiger partial charge < -0.3 is 20.1 Å². The van der Waals surface area contributed by atoms with Gasteiger partial charge in [0.2, 0.25) is 0 Å². The number of pyridine rings is 1. The number of ketones is 1. The lowest BCUT2D eigenvalue weighted by molar-refractivity contribution is -0.137. The number of hydrogen-bond acceptors (Lipinski definition) is 12. The van der Waals surface area contributed by atoms with Crippen LogP contribution in [-0.2, 0) is 46.2 Å². The summed E-state index contributed by atoms with van der Waals surface area (Å²) < 4.78 is 103. The molecule has 5 aromatic rings. The summed E-state index contributed by atoms with van der Waals surface area (Å²) in [5.41, 5.74) is -3.78. The van der Waals surface area contributed by atoms with Crippen LogP contribution in [0.3, 0.4) is 0 Å². The van der Waals surface area contributed by atoms with Crippen LogP contribution in [0.2, 0.25) is 5.02 Å². The maximum Gasteiger partial charge on any atom is 0.344 e. The summed E-state index contributed by atoms with van der Waals surface area (Å²) in [6.45, 7) is -0.356. The number of carbonyl (C=O) groups excluding carboxylic acids is 2. The Morgan fingerprint density at radius 3 is 2.13 bits per heavy atom. The van der Waals surface area contributed by atoms with Gasteiger partial charge in [-0.15, -0.1) is 0 Å². The Hall–Kier alpha value is -5.44. The molecule has 0 spiro atoms. The Bertz CT molecular complexity index is 2850. The molecule has 4 aromatic carbocycles. The molecule has 1 heterocycles. The average molecular weight is 817 g/mol. The van der Waals surface area contributed by atoms with Crippen LogP contribution < -0.4 is 10.9 Å². The normalized spacial score (nSPS) is 12.7. The van der Waals surface area contributed by atoms with Crippen LogP contribution in [0.4, 0.5) is 11.4 Å². The number of aromatic amines is 1. The standard InChI is InChI=1S/C34H25ClN2O14S3/c35-18-6-3-5-17(13-18)16-51-34(42)30-27-20-7-1-2-8-21(20)32(40)28-23(15-25(54(48,49)50)31(29(27)28)37-33(30)41)36-22-11-10-19(14-24(22)53(45,46)47)52(43,44)12-4-9-26(38)39/h1-3,5-8,10-11,13-15,36H,4,9,12,16H2,(H,37,41)(H,38,39)(H,45,46,47)(H,48,49,50). The minimum absolute atomic E-state index is 0.00956. The van der Waals surface area contributed by atoms with Crippen molar-refractivity contribution in [3.05, 3.63) is 110 Å². The summed E-state index contributed by atoms with van der Waals surface area (Å²) >= 11 is 6.03. The number of ether oxygens (including phenoxy) is 1. The van der Waals surface area contributed by atoms with Crippen LogP contribution in [0.5, 0.6) is 0 Å². The van der Waals surface area contributed by atoms with Crippen molar-refractivity contribution in [2.75, 3.05) is 11.1 Å². The third kappa shape index (κ3) is 7.36. The number of esters is 1. The molecule has 0 saturated heterocycles. The first-order valence-electron chi connectivity index (χ1n) is 15.4. The molecule has 5 N–H and O–H groups in total. The second kappa shape index (κ2) is 14.1. The molecule has 0 amide bonds. The number of anilines is 2. The number of aliphatic carboxylic acids is 1. The van der Waals surface area contributed by atoms with Crippen molar-refractivity contribution < 1.29 is 58.6 Å². The van der Waals surface area contributed by atoms with E-state index in [0.717, 1.165) is 12.1 Å². The molecule has 0 saturated carbocycles. The fraction of sp³-hybridized carbons (Fsp3) is 0.118. The van der Waals surface area contributed by atoms with Crippen molar-refractivity contribution in [3.8, 4) is 11.1 Å². The van der Waals surface area contributed by atoms with Gasteiger partial charge in [0.25, 0.3) is 25.8 Å². The topological polar surface area (TPSA) is 268 Å². The zero-order chi connectivity index (χ0) is 39.3. The summed E-state index contributed by atoms with van der Waals surface area (Å²) in [4.78, 5) is 52.1. The number of fused-ring (bicyclic) bond motifs is 2. The van der Waals surface area contributed by atoms with Crippen LogP contribution in [0, 0.1) is 0 Å². The smallest absolute Gasteiger partial charge is 0.344 e. The van der Waals surface area contributed by atoms with Crippen molar-refractivity contribution in [2.24, 2.45) is 0 Å². The highest BCUT2D eigenvalue weighted by Gasteiger charge is 2.36. The number of carboxylic acids is 1. The Morgan fingerprint density at radius 2 is 1.48 bits per heavy atom. The van der Waals surface area contributed by atoms with Crippen LogP contribution in [0.1, 0.15) is 44.7 Å². The summed E-state index contributed by atoms with van der Waals surface area (Å²) in [5.74, 6) is -3.96. The number of benzene rings is 4. The van der Waals surface area contributed by atoms with Crippen molar-refractivity contribution >= 4 is 81.7 Å². The van der Waals surface area contributed by atoms with Gasteiger partial charge in [0.05, 0.1) is 33.1 Å². The molecule has 0 bridgehead atoms. The molecular weight excluding hydrogens is 792 g/mol. The molecule has 0 unspecified atom stereocenters. The monoisotopic (exact) mass is 816 g/mol. The van der Waals surface area contributed by atoms with E-state index >= 15 is 0 Å². The van der Waals surface area contributed by atoms with Crippen LogP contribution in [0.25, 0.3) is 22.0 Å². The molecule has 0 aliphatic heterocycles. The summed E-state index contributed by atoms with van der Waals surface area (Å²) in [5, 5.41) is 11.4. The molecule has 6 rings (SSSR count). The van der Waals surface area contributed by atoms with Crippen molar-refractivity contribution in [1.29, 1.82) is 0 Å². The number of hydrogen-bond donors (Lipinski definition) is 5. The maximum atomic E-state index is 14.2. The summed E-state index contributed by atoms with van der Waals surface area (Å²) in [6.07, 6.45) is -0.821. The van der Waals surface area contributed by atoms with Crippen molar-refractivity contribution in [2.45, 2.75) is 34.1 Å². The van der Waals surface area contributed by atoms with E-state index in [1.54, 1.807) is 18.2 Å². The van der Waals surface area contributed by atoms with E-state index in [1.807, 2.05) is 0 Å². The van der Waals surface area contributed by atoms with E-state index in [-0.39, 0.29) is 35.1 Å². The highest BCUT2D eigenvalue weighted by molar-refractivity contribution is 7.91. The lowest BCUT2D eigenvalue weighted by Gasteiger charge is -2.25. The van der Waals surface area contributed by atoms with Gasteiger partial charge in [-0.25, -0.2) is 13.2 Å². The predicted octanol–water partition coefficient (Wildman–Crippen LogP) is 4.63. The number of rotatable bonds is 12. The first-order chi connectivity index (χ1) is 25.3. The number of halogens is 1. The minimum Gasteiger partial charge on any atom is -0.481 e. The molecule has 1 aromatic heterocycles. The number of nitrogens with one attached hydrogen (secondary N) is 2. The zero-order valence-corrected chi connectivity index (χ0v) is 30.4. The highest BCUT2D eigenvalue weighted by atomic mass is 35.5. The fourth-order valence-electron chi connectivity index (χ4n) is 6.02. The molecule has 16 nitrogen and oxygen atoms in total. The third-order valence-electron chi connectivity index (χ3n) is 8.33. The van der Waals surface area contributed by atoms with Crippen molar-refractivity contribution in [1.82, 2.24) is 4.98 Å². The lowest BCUT2D eigenvalue weighted by atomic mass is 9.81. The first-order valence-corrected chi connectivity index (χ1v) is 20.3. The van der Waals surface area contributed by atoms with Gasteiger partial charge in [0, 0.05) is 28.0 Å². The fourth-order valence-corrected chi connectivity index (χ4v) is 8.99. The van der Waals surface area contributed by atoms with E-state index in [0.29, 0.717) is 22.7 Å². The molecular formula is C34H25ClN2O14S3. The highest BCUT2D eigenvalue weighted by Crippen LogP contribution is 2.46. The third-order valence-corrected chi connectivity index (χ3v) is 12.1. The largest absolute Gasteiger partial charge is 0.481 e. The predicted molar refractivity (Wildman–Crippen MR) is 192 cm³/mol. The first kappa shape index (κ1) is 38.3. The number of sulfone groups is 1.